The molecule has 4 nitrogen and oxygen atoms in total. The van der Waals surface area contributed by atoms with Gasteiger partial charge in [0.25, 0.3) is 0 Å². The fourth-order valence-corrected chi connectivity index (χ4v) is 5.78. The first kappa shape index (κ1) is 35.9. The minimum atomic E-state index is -0.153. The molecule has 0 aliphatic carbocycles. The third kappa shape index (κ3) is 15.8. The van der Waals surface area contributed by atoms with Gasteiger partial charge in [-0.1, -0.05) is 127 Å². The molecular formula is C38H62NO3+. The summed E-state index contributed by atoms with van der Waals surface area (Å²) in [5.41, 5.74) is 2.64. The summed E-state index contributed by atoms with van der Waals surface area (Å²) in [5.74, 6) is 0.843. The summed E-state index contributed by atoms with van der Waals surface area (Å²) >= 11 is 0. The highest BCUT2D eigenvalue weighted by molar-refractivity contribution is 5.74. The molecule has 42 heavy (non-hydrogen) atoms. The first-order valence-electron chi connectivity index (χ1n) is 17.2. The van der Waals surface area contributed by atoms with E-state index < -0.39 is 0 Å². The quantitative estimate of drug-likeness (QED) is 0.0666. The maximum Gasteiger partial charge on any atom is 0.364 e. The first-order valence-corrected chi connectivity index (χ1v) is 17.2. The van der Waals surface area contributed by atoms with E-state index in [9.17, 15) is 4.79 Å². The Kier molecular flexibility index (Phi) is 19.0. The molecule has 236 valence electrons. The number of rotatable bonds is 25. The van der Waals surface area contributed by atoms with Crippen molar-refractivity contribution in [2.45, 2.75) is 136 Å². The predicted molar refractivity (Wildman–Crippen MR) is 178 cm³/mol. The zero-order valence-corrected chi connectivity index (χ0v) is 27.6. The van der Waals surface area contributed by atoms with E-state index in [-0.39, 0.29) is 12.0 Å². The first-order chi connectivity index (χ1) is 20.5. The summed E-state index contributed by atoms with van der Waals surface area (Å²) in [4.78, 5) is 13.0. The number of unbranched alkanes of at least 4 members (excludes halogenated alkanes) is 12. The maximum atomic E-state index is 13.0. The highest BCUT2D eigenvalue weighted by Crippen LogP contribution is 2.20. The lowest BCUT2D eigenvalue weighted by Crippen LogP contribution is -2.52. The molecule has 0 spiro atoms. The van der Waals surface area contributed by atoms with Gasteiger partial charge in [0.15, 0.2) is 6.04 Å². The fraction of sp³-hybridized carbons (Fsp3) is 0.658. The molecule has 2 aromatic carbocycles. The van der Waals surface area contributed by atoms with Gasteiger partial charge in [-0.3, -0.25) is 0 Å². The minimum absolute atomic E-state index is 0.0811. The van der Waals surface area contributed by atoms with Crippen LogP contribution in [0.4, 0.5) is 0 Å². The molecular weight excluding hydrogens is 518 g/mol. The normalized spacial score (nSPS) is 12.3. The molecule has 0 saturated heterocycles. The maximum absolute atomic E-state index is 13.0. The number of benzene rings is 2. The van der Waals surface area contributed by atoms with Crippen LogP contribution in [0.3, 0.4) is 0 Å². The molecule has 0 aliphatic rings. The molecule has 2 rings (SSSR count). The van der Waals surface area contributed by atoms with Crippen LogP contribution in [-0.2, 0) is 22.5 Å². The van der Waals surface area contributed by atoms with Gasteiger partial charge in [0.2, 0.25) is 0 Å². The van der Waals surface area contributed by atoms with Crippen LogP contribution in [0.25, 0.3) is 0 Å². The van der Waals surface area contributed by atoms with Gasteiger partial charge in [0.1, 0.15) is 12.3 Å². The number of hydrogen-bond acceptors (Lipinski definition) is 3. The molecule has 0 heterocycles. The van der Waals surface area contributed by atoms with Gasteiger partial charge in [-0.25, -0.2) is 4.79 Å². The van der Waals surface area contributed by atoms with E-state index in [1.54, 1.807) is 0 Å². The Morgan fingerprint density at radius 2 is 1.21 bits per heavy atom. The predicted octanol–water partition coefficient (Wildman–Crippen LogP) is 10.1. The summed E-state index contributed by atoms with van der Waals surface area (Å²) < 4.78 is 12.3. The molecule has 0 aliphatic heterocycles. The van der Waals surface area contributed by atoms with Gasteiger partial charge in [-0.15, -0.1) is 0 Å². The lowest BCUT2D eigenvalue weighted by molar-refractivity contribution is -0.920. The van der Waals surface area contributed by atoms with Crippen LogP contribution < -0.4 is 4.74 Å². The van der Waals surface area contributed by atoms with Gasteiger partial charge in [0.05, 0.1) is 27.3 Å². The number of aryl methyl sites for hydroxylation is 1. The smallest absolute Gasteiger partial charge is 0.364 e. The van der Waals surface area contributed by atoms with Crippen LogP contribution in [0.1, 0.15) is 128 Å². The summed E-state index contributed by atoms with van der Waals surface area (Å²) in [6.45, 7) is 6.32. The number of hydrogen-bond donors (Lipinski definition) is 0. The number of carbonyl (C=O) groups excluding carboxylic acids is 1. The molecule has 0 N–H and O–H groups in total. The Balaban J connectivity index is 1.53. The average Bonchev–Trinajstić information content (AvgIpc) is 2.99. The van der Waals surface area contributed by atoms with Crippen molar-refractivity contribution in [3.63, 3.8) is 0 Å². The monoisotopic (exact) mass is 580 g/mol. The number of carbonyl (C=O) groups is 1. The number of quaternary nitrogens is 1. The number of ether oxygens (including phenoxy) is 2. The van der Waals surface area contributed by atoms with Gasteiger partial charge < -0.3 is 14.0 Å². The van der Waals surface area contributed by atoms with Gasteiger partial charge in [0, 0.05) is 12.0 Å². The third-order valence-electron chi connectivity index (χ3n) is 8.40. The second kappa shape index (κ2) is 22.2. The average molecular weight is 581 g/mol. The highest BCUT2D eigenvalue weighted by atomic mass is 16.5. The number of likely N-dealkylation sites (N-methyl/N-ethyl adjacent to an activating group) is 1. The zero-order chi connectivity index (χ0) is 30.3. The molecule has 1 unspecified atom stereocenters. The van der Waals surface area contributed by atoms with E-state index in [1.807, 2.05) is 6.07 Å². The van der Waals surface area contributed by atoms with E-state index in [0.717, 1.165) is 44.4 Å². The molecule has 1 atom stereocenters. The molecule has 0 bridgehead atoms. The van der Waals surface area contributed by atoms with Crippen molar-refractivity contribution in [2.75, 3.05) is 27.3 Å². The van der Waals surface area contributed by atoms with Gasteiger partial charge in [-0.05, 0) is 49.8 Å². The van der Waals surface area contributed by atoms with Crippen LogP contribution in [-0.4, -0.2) is 43.8 Å². The summed E-state index contributed by atoms with van der Waals surface area (Å²) in [6, 6.07) is 18.8. The molecule has 0 radical (unpaired) electrons. The topological polar surface area (TPSA) is 35.5 Å². The van der Waals surface area contributed by atoms with Crippen LogP contribution in [0.5, 0.6) is 5.75 Å². The molecule has 2 aromatic rings. The van der Waals surface area contributed by atoms with Crippen LogP contribution in [0.2, 0.25) is 0 Å². The summed E-state index contributed by atoms with van der Waals surface area (Å²) in [6.07, 6.45) is 21.3. The number of nitrogens with zero attached hydrogens (tertiary/aromatic N) is 1. The standard InChI is InChI=1S/C38H62NO3/c1-5-7-8-9-10-11-12-13-14-15-16-18-24-34-27-29-36(30-28-34)41-31-21-22-32-42-38(40)37(23-6-2)39(3,4)33-35-25-19-17-20-26-35/h17,19-20,25-30,37H,5-16,18,21-24,31-33H2,1-4H3/q+1. The number of esters is 1. The molecule has 0 amide bonds. The van der Waals surface area contributed by atoms with E-state index in [1.165, 1.54) is 88.2 Å². The molecule has 4 heteroatoms. The molecule has 0 saturated carbocycles. The second-order valence-electron chi connectivity index (χ2n) is 12.7. The van der Waals surface area contributed by atoms with Crippen molar-refractivity contribution in [1.29, 1.82) is 0 Å². The summed E-state index contributed by atoms with van der Waals surface area (Å²) in [7, 11) is 4.26. The van der Waals surface area contributed by atoms with E-state index >= 15 is 0 Å². The van der Waals surface area contributed by atoms with E-state index in [2.05, 4.69) is 76.5 Å². The largest absolute Gasteiger partial charge is 0.494 e. The summed E-state index contributed by atoms with van der Waals surface area (Å²) in [5, 5.41) is 0. The zero-order valence-electron chi connectivity index (χ0n) is 27.6. The third-order valence-corrected chi connectivity index (χ3v) is 8.40. The van der Waals surface area contributed by atoms with Gasteiger partial charge >= 0.3 is 5.97 Å². The Hall–Kier alpha value is -2.33. The molecule has 0 aromatic heterocycles. The van der Waals surface area contributed by atoms with Crippen LogP contribution >= 0.6 is 0 Å². The Bertz CT molecular complexity index is 925. The van der Waals surface area contributed by atoms with E-state index in [0.29, 0.717) is 17.7 Å². The second-order valence-corrected chi connectivity index (χ2v) is 12.7. The SMILES string of the molecule is CCCCCCCCCCCCCCc1ccc(OCCCCOC(=O)C(CCC)[N+](C)(C)Cc2ccccc2)cc1. The fourth-order valence-electron chi connectivity index (χ4n) is 5.78. The van der Waals surface area contributed by atoms with Crippen molar-refractivity contribution in [1.82, 2.24) is 0 Å². The lowest BCUT2D eigenvalue weighted by Gasteiger charge is -2.36. The van der Waals surface area contributed by atoms with Crippen molar-refractivity contribution < 1.29 is 18.8 Å². The van der Waals surface area contributed by atoms with Crippen molar-refractivity contribution >= 4 is 5.97 Å². The van der Waals surface area contributed by atoms with Crippen LogP contribution in [0.15, 0.2) is 54.6 Å². The Morgan fingerprint density at radius 3 is 1.81 bits per heavy atom. The highest BCUT2D eigenvalue weighted by Gasteiger charge is 2.35. The Labute approximate surface area is 258 Å². The van der Waals surface area contributed by atoms with Crippen LogP contribution in [0, 0.1) is 0 Å². The molecule has 0 fully saturated rings. The van der Waals surface area contributed by atoms with E-state index in [4.69, 9.17) is 9.47 Å². The van der Waals surface area contributed by atoms with Crippen molar-refractivity contribution in [2.24, 2.45) is 0 Å². The van der Waals surface area contributed by atoms with Gasteiger partial charge in [-0.2, -0.15) is 0 Å². The van der Waals surface area contributed by atoms with Crippen molar-refractivity contribution in [3.8, 4) is 5.75 Å². The lowest BCUT2D eigenvalue weighted by atomic mass is 10.0. The minimum Gasteiger partial charge on any atom is -0.494 e. The van der Waals surface area contributed by atoms with Crippen molar-refractivity contribution in [3.05, 3.63) is 65.7 Å². The Morgan fingerprint density at radius 1 is 0.643 bits per heavy atom.